The number of nitrogens with zero attached hydrogens (tertiary/aromatic N) is 2. The van der Waals surface area contributed by atoms with Crippen LogP contribution in [0.15, 0.2) is 58.2 Å². The molecule has 1 aromatic heterocycles. The smallest absolute Gasteiger partial charge is 0.351 e. The zero-order valence-corrected chi connectivity index (χ0v) is 13.7. The van der Waals surface area contributed by atoms with Crippen LogP contribution in [0, 0.1) is 0 Å². The third kappa shape index (κ3) is 4.32. The standard InChI is InChI=1S/C15H14N6O3S/c16-9-4-6-10(7-5-9)17-13-19-14(21-15(22)20-13)18-11-2-1-3-12(8-11)25(23)24/h1-8,25H,16H2,(H3,17,18,19,20,21,22). The number of nitrogens with two attached hydrogens (primary N) is 1. The summed E-state index contributed by atoms with van der Waals surface area (Å²) in [5.74, 6) is 0.207. The lowest BCUT2D eigenvalue weighted by molar-refractivity contribution is 0.614. The van der Waals surface area contributed by atoms with Crippen molar-refractivity contribution in [3.8, 4) is 0 Å². The summed E-state index contributed by atoms with van der Waals surface area (Å²) < 4.78 is 22.1. The Morgan fingerprint density at radius 2 is 1.72 bits per heavy atom. The van der Waals surface area contributed by atoms with Gasteiger partial charge in [0.05, 0.1) is 4.90 Å². The van der Waals surface area contributed by atoms with E-state index in [-0.39, 0.29) is 16.8 Å². The fourth-order valence-corrected chi connectivity index (χ4v) is 2.48. The Labute approximate surface area is 143 Å². The van der Waals surface area contributed by atoms with Gasteiger partial charge in [-0.1, -0.05) is 6.07 Å². The van der Waals surface area contributed by atoms with Crippen LogP contribution >= 0.6 is 0 Å². The quantitative estimate of drug-likeness (QED) is 0.338. The Morgan fingerprint density at radius 1 is 0.960 bits per heavy atom. The zero-order valence-electron chi connectivity index (χ0n) is 12.8. The highest BCUT2D eigenvalue weighted by Gasteiger charge is 2.05. The van der Waals surface area contributed by atoms with Gasteiger partial charge in [0.25, 0.3) is 0 Å². The Balaban J connectivity index is 1.85. The first-order valence-corrected chi connectivity index (χ1v) is 8.30. The maximum atomic E-state index is 11.7. The van der Waals surface area contributed by atoms with E-state index in [0.29, 0.717) is 17.1 Å². The van der Waals surface area contributed by atoms with Gasteiger partial charge < -0.3 is 16.4 Å². The number of anilines is 5. The minimum Gasteiger partial charge on any atom is -0.399 e. The largest absolute Gasteiger partial charge is 0.399 e. The summed E-state index contributed by atoms with van der Waals surface area (Å²) in [6, 6.07) is 13.0. The van der Waals surface area contributed by atoms with Crippen molar-refractivity contribution in [2.75, 3.05) is 16.4 Å². The van der Waals surface area contributed by atoms with Gasteiger partial charge in [-0.15, -0.1) is 0 Å². The molecule has 0 atom stereocenters. The lowest BCUT2D eigenvalue weighted by Crippen LogP contribution is -2.16. The average Bonchev–Trinajstić information content (AvgIpc) is 2.57. The Bertz CT molecular complexity index is 1020. The molecule has 0 saturated carbocycles. The van der Waals surface area contributed by atoms with Gasteiger partial charge in [-0.05, 0) is 42.5 Å². The maximum absolute atomic E-state index is 11.7. The molecule has 3 rings (SSSR count). The van der Waals surface area contributed by atoms with Gasteiger partial charge in [-0.25, -0.2) is 13.2 Å². The van der Waals surface area contributed by atoms with Crippen molar-refractivity contribution in [3.63, 3.8) is 0 Å². The van der Waals surface area contributed by atoms with Crippen LogP contribution < -0.4 is 22.1 Å². The highest BCUT2D eigenvalue weighted by molar-refractivity contribution is 7.72. The highest BCUT2D eigenvalue weighted by Crippen LogP contribution is 2.17. The molecule has 0 aliphatic rings. The first-order chi connectivity index (χ1) is 12.0. The molecule has 10 heteroatoms. The molecule has 3 aromatic rings. The summed E-state index contributed by atoms with van der Waals surface area (Å²) in [4.78, 5) is 22.2. The predicted octanol–water partition coefficient (Wildman–Crippen LogP) is 1.20. The van der Waals surface area contributed by atoms with Gasteiger partial charge in [-0.3, -0.25) is 4.98 Å². The zero-order chi connectivity index (χ0) is 17.8. The molecule has 25 heavy (non-hydrogen) atoms. The summed E-state index contributed by atoms with van der Waals surface area (Å²) in [6.45, 7) is 0. The fraction of sp³-hybridized carbons (Fsp3) is 0. The minimum absolute atomic E-state index is 0.0853. The summed E-state index contributed by atoms with van der Waals surface area (Å²) in [7, 11) is -2.70. The van der Waals surface area contributed by atoms with E-state index in [9.17, 15) is 13.2 Å². The number of aromatic nitrogens is 3. The average molecular weight is 358 g/mol. The molecule has 0 radical (unpaired) electrons. The molecule has 0 bridgehead atoms. The summed E-state index contributed by atoms with van der Waals surface area (Å²) in [6.07, 6.45) is 0. The number of hydrogen-bond donors (Lipinski definition) is 5. The van der Waals surface area contributed by atoms with Crippen LogP contribution in [0.3, 0.4) is 0 Å². The minimum atomic E-state index is -2.70. The van der Waals surface area contributed by atoms with E-state index in [1.54, 1.807) is 36.4 Å². The lowest BCUT2D eigenvalue weighted by Gasteiger charge is -2.08. The van der Waals surface area contributed by atoms with E-state index in [4.69, 9.17) is 5.73 Å². The lowest BCUT2D eigenvalue weighted by atomic mass is 10.3. The van der Waals surface area contributed by atoms with E-state index in [2.05, 4.69) is 25.6 Å². The molecule has 0 saturated heterocycles. The molecule has 0 amide bonds. The molecule has 1 heterocycles. The first kappa shape index (κ1) is 16.5. The normalized spacial score (nSPS) is 10.6. The molecule has 0 unspecified atom stereocenters. The Morgan fingerprint density at radius 3 is 2.44 bits per heavy atom. The van der Waals surface area contributed by atoms with Crippen molar-refractivity contribution in [3.05, 3.63) is 59.0 Å². The molecule has 0 spiro atoms. The number of nitrogens with one attached hydrogen (secondary N) is 3. The molecule has 2 aromatic carbocycles. The van der Waals surface area contributed by atoms with E-state index in [1.165, 1.54) is 12.1 Å². The molecule has 0 fully saturated rings. The van der Waals surface area contributed by atoms with Gasteiger partial charge in [-0.2, -0.15) is 9.97 Å². The molecule has 9 nitrogen and oxygen atoms in total. The second kappa shape index (κ2) is 7.01. The number of H-pyrrole nitrogens is 1. The number of rotatable bonds is 5. The van der Waals surface area contributed by atoms with Gasteiger partial charge in [0.15, 0.2) is 10.7 Å². The number of benzene rings is 2. The third-order valence-corrected chi connectivity index (χ3v) is 3.84. The van der Waals surface area contributed by atoms with Crippen LogP contribution in [-0.4, -0.2) is 23.4 Å². The van der Waals surface area contributed by atoms with Crippen LogP contribution in [0.25, 0.3) is 0 Å². The molecule has 0 aliphatic heterocycles. The molecular formula is C15H14N6O3S. The van der Waals surface area contributed by atoms with Crippen molar-refractivity contribution in [1.29, 1.82) is 0 Å². The van der Waals surface area contributed by atoms with Crippen molar-refractivity contribution >= 4 is 39.7 Å². The number of aromatic amines is 1. The summed E-state index contributed by atoms with van der Waals surface area (Å²) >= 11 is 0. The van der Waals surface area contributed by atoms with E-state index in [0.717, 1.165) is 0 Å². The highest BCUT2D eigenvalue weighted by atomic mass is 32.2. The molecule has 0 aliphatic carbocycles. The van der Waals surface area contributed by atoms with E-state index >= 15 is 0 Å². The van der Waals surface area contributed by atoms with Gasteiger partial charge in [0.2, 0.25) is 11.9 Å². The Kier molecular flexibility index (Phi) is 4.61. The predicted molar refractivity (Wildman–Crippen MR) is 95.1 cm³/mol. The first-order valence-electron chi connectivity index (χ1n) is 7.12. The maximum Gasteiger partial charge on any atom is 0.351 e. The van der Waals surface area contributed by atoms with Crippen LogP contribution in [0.1, 0.15) is 0 Å². The SMILES string of the molecule is Nc1ccc(Nc2nc(Nc3cccc([SH](=O)=O)c3)[nH]c(=O)n2)cc1. The second-order valence-electron chi connectivity index (χ2n) is 5.01. The molecular weight excluding hydrogens is 344 g/mol. The van der Waals surface area contributed by atoms with Crippen molar-refractivity contribution in [1.82, 2.24) is 15.0 Å². The van der Waals surface area contributed by atoms with Gasteiger partial charge >= 0.3 is 5.69 Å². The monoisotopic (exact) mass is 358 g/mol. The molecule has 128 valence electrons. The second-order valence-corrected chi connectivity index (χ2v) is 6.04. The van der Waals surface area contributed by atoms with Crippen molar-refractivity contribution in [2.24, 2.45) is 0 Å². The topological polar surface area (TPSA) is 143 Å². The third-order valence-electron chi connectivity index (χ3n) is 3.14. The van der Waals surface area contributed by atoms with Crippen molar-refractivity contribution in [2.45, 2.75) is 4.90 Å². The van der Waals surface area contributed by atoms with Gasteiger partial charge in [0, 0.05) is 17.1 Å². The van der Waals surface area contributed by atoms with E-state index < -0.39 is 16.4 Å². The Hall–Kier alpha value is -3.40. The number of thiol groups is 1. The number of nitrogen functional groups attached to an aromatic ring is 1. The van der Waals surface area contributed by atoms with Gasteiger partial charge in [0.1, 0.15) is 0 Å². The van der Waals surface area contributed by atoms with E-state index in [1.807, 2.05) is 0 Å². The van der Waals surface area contributed by atoms with Crippen LogP contribution in [0.4, 0.5) is 29.0 Å². The summed E-state index contributed by atoms with van der Waals surface area (Å²) in [5.41, 5.74) is 6.74. The molecule has 5 N–H and O–H groups in total. The van der Waals surface area contributed by atoms with Crippen LogP contribution in [0.2, 0.25) is 0 Å². The van der Waals surface area contributed by atoms with Crippen molar-refractivity contribution < 1.29 is 8.42 Å². The number of hydrogen-bond acceptors (Lipinski definition) is 8. The van der Waals surface area contributed by atoms with Crippen LogP contribution in [0.5, 0.6) is 0 Å². The van der Waals surface area contributed by atoms with Crippen LogP contribution in [-0.2, 0) is 10.7 Å². The summed E-state index contributed by atoms with van der Waals surface area (Å²) in [5, 5.41) is 5.73. The fourth-order valence-electron chi connectivity index (χ4n) is 2.03.